The van der Waals surface area contributed by atoms with E-state index >= 15 is 0 Å². The highest BCUT2D eigenvalue weighted by atomic mass is 35.5. The van der Waals surface area contributed by atoms with Crippen molar-refractivity contribution in [2.45, 2.75) is 5.16 Å². The summed E-state index contributed by atoms with van der Waals surface area (Å²) in [7, 11) is -3.69. The molecule has 114 valence electrons. The maximum Gasteiger partial charge on any atom is 0.242 e. The van der Waals surface area contributed by atoms with E-state index in [1.807, 2.05) is 30.3 Å². The molecular formula is C13H9ClFN3O2S2. The second-order valence-corrected chi connectivity index (χ2v) is 7.38. The Kier molecular flexibility index (Phi) is 3.84. The van der Waals surface area contributed by atoms with E-state index in [2.05, 4.69) is 9.97 Å². The average Bonchev–Trinajstić information content (AvgIpc) is 2.85. The summed E-state index contributed by atoms with van der Waals surface area (Å²) in [4.78, 5) is 8.21. The van der Waals surface area contributed by atoms with Gasteiger partial charge in [-0.2, -0.15) is 4.98 Å². The molecule has 0 atom stereocenters. The molecule has 0 radical (unpaired) electrons. The van der Waals surface area contributed by atoms with Crippen LogP contribution in [0.15, 0.2) is 41.6 Å². The summed E-state index contributed by atoms with van der Waals surface area (Å²) >= 11 is 5.95. The van der Waals surface area contributed by atoms with Gasteiger partial charge in [0.15, 0.2) is 18.0 Å². The highest BCUT2D eigenvalue weighted by Gasteiger charge is 2.22. The molecule has 3 rings (SSSR count). The first-order chi connectivity index (χ1) is 10.4. The van der Waals surface area contributed by atoms with Crippen LogP contribution in [-0.2, 0) is 9.84 Å². The molecule has 0 aliphatic heterocycles. The highest BCUT2D eigenvalue weighted by Crippen LogP contribution is 2.32. The van der Waals surface area contributed by atoms with Gasteiger partial charge in [-0.3, -0.25) is 0 Å². The van der Waals surface area contributed by atoms with Gasteiger partial charge in [-0.25, -0.2) is 17.4 Å². The molecule has 0 fully saturated rings. The zero-order valence-electron chi connectivity index (χ0n) is 11.2. The number of sulfone groups is 1. The summed E-state index contributed by atoms with van der Waals surface area (Å²) in [5.41, 5.74) is 1.55. The van der Waals surface area contributed by atoms with E-state index in [1.165, 1.54) is 6.07 Å². The molecule has 0 N–H and O–H groups in total. The largest absolute Gasteiger partial charge is 0.242 e. The van der Waals surface area contributed by atoms with Crippen LogP contribution in [0.1, 0.15) is 0 Å². The molecule has 3 aromatic rings. The number of pyridine rings is 1. The van der Waals surface area contributed by atoms with Crippen LogP contribution in [0.2, 0.25) is 5.02 Å². The van der Waals surface area contributed by atoms with E-state index in [-0.39, 0.29) is 28.5 Å². The quantitative estimate of drug-likeness (QED) is 0.717. The smallest absolute Gasteiger partial charge is 0.227 e. The fraction of sp³-hybridized carbons (Fsp3) is 0.0769. The highest BCUT2D eigenvalue weighted by molar-refractivity contribution is 7.94. The van der Waals surface area contributed by atoms with Crippen molar-refractivity contribution >= 4 is 44.9 Å². The zero-order valence-corrected chi connectivity index (χ0v) is 13.6. The van der Waals surface area contributed by atoms with E-state index in [0.29, 0.717) is 5.69 Å². The molecule has 0 saturated heterocycles. The summed E-state index contributed by atoms with van der Waals surface area (Å²) in [5, 5.41) is -0.113. The molecule has 2 aromatic heterocycles. The van der Waals surface area contributed by atoms with Gasteiger partial charge >= 0.3 is 0 Å². The minimum Gasteiger partial charge on any atom is -0.227 e. The Morgan fingerprint density at radius 1 is 1.23 bits per heavy atom. The van der Waals surface area contributed by atoms with Crippen molar-refractivity contribution in [1.29, 1.82) is 0 Å². The van der Waals surface area contributed by atoms with Crippen LogP contribution in [-0.4, -0.2) is 28.6 Å². The molecular weight excluding hydrogens is 349 g/mol. The molecule has 0 aliphatic carbocycles. The SMILES string of the molecule is CS(=O)(=O)c1nc2nc(-c3ccccc3)c(Cl)cc2n1SF. The summed E-state index contributed by atoms with van der Waals surface area (Å²) in [5.74, 6) is 0. The summed E-state index contributed by atoms with van der Waals surface area (Å²) < 4.78 is 37.4. The molecule has 2 heterocycles. The van der Waals surface area contributed by atoms with E-state index in [1.54, 1.807) is 0 Å². The first-order valence-corrected chi connectivity index (χ1v) is 8.99. The fourth-order valence-corrected chi connectivity index (χ4v) is 3.74. The number of hydrogen-bond donors (Lipinski definition) is 0. The van der Waals surface area contributed by atoms with Gasteiger partial charge in [-0.1, -0.05) is 41.9 Å². The first-order valence-electron chi connectivity index (χ1n) is 6.05. The van der Waals surface area contributed by atoms with E-state index in [9.17, 15) is 12.3 Å². The topological polar surface area (TPSA) is 64.8 Å². The number of fused-ring (bicyclic) bond motifs is 1. The van der Waals surface area contributed by atoms with E-state index in [0.717, 1.165) is 15.8 Å². The molecule has 0 aliphatic rings. The minimum atomic E-state index is -3.69. The van der Waals surface area contributed by atoms with Gasteiger partial charge in [-0.05, 0) is 6.07 Å². The van der Waals surface area contributed by atoms with Crippen LogP contribution in [0, 0.1) is 0 Å². The number of nitrogens with zero attached hydrogens (tertiary/aromatic N) is 3. The lowest BCUT2D eigenvalue weighted by molar-refractivity contribution is 0.593. The average molecular weight is 358 g/mol. The monoisotopic (exact) mass is 357 g/mol. The normalized spacial score (nSPS) is 12.0. The molecule has 5 nitrogen and oxygen atoms in total. The van der Waals surface area contributed by atoms with Crippen molar-refractivity contribution in [2.24, 2.45) is 0 Å². The van der Waals surface area contributed by atoms with Crippen LogP contribution in [0.25, 0.3) is 22.4 Å². The third-order valence-electron chi connectivity index (χ3n) is 2.98. The van der Waals surface area contributed by atoms with Gasteiger partial charge in [0.2, 0.25) is 15.0 Å². The zero-order chi connectivity index (χ0) is 15.9. The predicted octanol–water partition coefficient (Wildman–Crippen LogP) is 3.54. The fourth-order valence-electron chi connectivity index (χ4n) is 2.04. The molecule has 0 saturated carbocycles. The molecule has 22 heavy (non-hydrogen) atoms. The van der Waals surface area contributed by atoms with Gasteiger partial charge < -0.3 is 0 Å². The lowest BCUT2D eigenvalue weighted by Crippen LogP contribution is -2.03. The Balaban J connectivity index is 2.32. The van der Waals surface area contributed by atoms with Gasteiger partial charge in [0.05, 0.1) is 10.7 Å². The second-order valence-electron chi connectivity index (χ2n) is 4.56. The Morgan fingerprint density at radius 3 is 2.50 bits per heavy atom. The molecule has 0 spiro atoms. The molecule has 0 unspecified atom stereocenters. The third kappa shape index (κ3) is 2.57. The van der Waals surface area contributed by atoms with Crippen LogP contribution in [0.5, 0.6) is 0 Å². The lowest BCUT2D eigenvalue weighted by atomic mass is 10.1. The van der Waals surface area contributed by atoms with Crippen molar-refractivity contribution in [1.82, 2.24) is 13.9 Å². The standard InChI is InChI=1S/C13H9ClFN3O2S2/c1-22(19,20)13-17-12-10(18(13)21-15)7-9(14)11(16-12)8-5-3-2-4-6-8/h2-7H,1H3. The summed E-state index contributed by atoms with van der Waals surface area (Å²) in [6, 6.07) is 10.6. The summed E-state index contributed by atoms with van der Waals surface area (Å²) in [6.45, 7) is 0. The maximum absolute atomic E-state index is 13.1. The Bertz CT molecular complexity index is 958. The van der Waals surface area contributed by atoms with Crippen LogP contribution >= 0.6 is 23.9 Å². The minimum absolute atomic E-state index is 0.119. The molecule has 0 amide bonds. The molecule has 9 heteroatoms. The van der Waals surface area contributed by atoms with Crippen LogP contribution in [0.3, 0.4) is 0 Å². The van der Waals surface area contributed by atoms with Crippen molar-refractivity contribution in [3.05, 3.63) is 41.4 Å². The Labute approximate surface area is 135 Å². The Hall–Kier alpha value is -1.64. The van der Waals surface area contributed by atoms with Crippen molar-refractivity contribution in [2.75, 3.05) is 6.26 Å². The van der Waals surface area contributed by atoms with Gasteiger partial charge in [0.25, 0.3) is 0 Å². The van der Waals surface area contributed by atoms with Crippen molar-refractivity contribution in [3.63, 3.8) is 0 Å². The number of benzene rings is 1. The van der Waals surface area contributed by atoms with E-state index in [4.69, 9.17) is 11.6 Å². The van der Waals surface area contributed by atoms with Crippen LogP contribution < -0.4 is 0 Å². The van der Waals surface area contributed by atoms with Crippen molar-refractivity contribution in [3.8, 4) is 11.3 Å². The molecule has 1 aromatic carbocycles. The number of aromatic nitrogens is 3. The van der Waals surface area contributed by atoms with E-state index < -0.39 is 15.0 Å². The number of hydrogen-bond acceptors (Lipinski definition) is 5. The van der Waals surface area contributed by atoms with Crippen molar-refractivity contribution < 1.29 is 12.3 Å². The molecule has 0 bridgehead atoms. The number of halogens is 2. The maximum atomic E-state index is 13.1. The van der Waals surface area contributed by atoms with Gasteiger partial charge in [-0.15, -0.1) is 3.89 Å². The number of rotatable bonds is 3. The van der Waals surface area contributed by atoms with Gasteiger partial charge in [0, 0.05) is 11.8 Å². The second kappa shape index (κ2) is 5.53. The predicted molar refractivity (Wildman–Crippen MR) is 85.2 cm³/mol. The van der Waals surface area contributed by atoms with Crippen LogP contribution in [0.4, 0.5) is 3.89 Å². The van der Waals surface area contributed by atoms with Gasteiger partial charge in [0.1, 0.15) is 5.52 Å². The Morgan fingerprint density at radius 2 is 1.91 bits per heavy atom. The number of imidazole rings is 1. The summed E-state index contributed by atoms with van der Waals surface area (Å²) in [6.07, 6.45) is 0.959. The lowest BCUT2D eigenvalue weighted by Gasteiger charge is -2.04. The third-order valence-corrected chi connectivity index (χ3v) is 4.83. The first kappa shape index (κ1) is 15.3.